The number of rotatable bonds is 2. The Morgan fingerprint density at radius 3 is 3.00 bits per heavy atom. The maximum absolute atomic E-state index is 7.43. The molecule has 0 fully saturated rings. The van der Waals surface area contributed by atoms with Crippen molar-refractivity contribution in [3.63, 3.8) is 0 Å². The van der Waals surface area contributed by atoms with E-state index in [0.29, 0.717) is 0 Å². The molecule has 1 heterocycles. The Labute approximate surface area is 91.9 Å². The van der Waals surface area contributed by atoms with Gasteiger partial charge < -0.3 is 5.84 Å². The Bertz CT molecular complexity index is 548. The molecule has 6 heteroatoms. The molecule has 0 saturated carbocycles. The predicted octanol–water partition coefficient (Wildman–Crippen LogP) is 0.825. The minimum Gasteiger partial charge on any atom is -0.305 e. The van der Waals surface area contributed by atoms with Gasteiger partial charge in [-0.25, -0.2) is 0 Å². The molecule has 0 aliphatic heterocycles. The highest BCUT2D eigenvalue weighted by molar-refractivity contribution is 5.78. The number of hydrogen-bond donors (Lipinski definition) is 2. The number of amidine groups is 1. The molecule has 0 radical (unpaired) electrons. The van der Waals surface area contributed by atoms with Gasteiger partial charge in [0.2, 0.25) is 12.4 Å². The molecule has 3 N–H and O–H groups in total. The molecule has 0 bridgehead atoms. The Hall–Kier alpha value is -2.37. The Morgan fingerprint density at radius 2 is 2.19 bits per heavy atom. The van der Waals surface area contributed by atoms with Crippen molar-refractivity contribution in [3.05, 3.63) is 36.5 Å². The fourth-order valence-electron chi connectivity index (χ4n) is 1.40. The van der Waals surface area contributed by atoms with Gasteiger partial charge in [-0.05, 0) is 6.07 Å². The molecule has 6 nitrogen and oxygen atoms in total. The van der Waals surface area contributed by atoms with E-state index in [1.54, 1.807) is 10.9 Å². The first kappa shape index (κ1) is 10.2. The standard InChI is InChI=1S/C10H11N6/c11-10(13-15-12)7-16-6-5-8-3-1-2-4-9(8)14-16/h1-6H,7H2,(H3,11,12,13)/q+1. The average Bonchev–Trinajstić information content (AvgIpc) is 2.29. The van der Waals surface area contributed by atoms with Crippen LogP contribution in [0.1, 0.15) is 0 Å². The highest BCUT2D eigenvalue weighted by Crippen LogP contribution is 2.06. The summed E-state index contributed by atoms with van der Waals surface area (Å²) in [6.45, 7) is 0.255. The van der Waals surface area contributed by atoms with Crippen LogP contribution in [0.15, 0.2) is 46.9 Å². The van der Waals surface area contributed by atoms with Gasteiger partial charge in [0.15, 0.2) is 6.20 Å². The second kappa shape index (κ2) is 4.43. The van der Waals surface area contributed by atoms with Crippen molar-refractivity contribution in [2.75, 3.05) is 0 Å². The van der Waals surface area contributed by atoms with Crippen LogP contribution in [0, 0.1) is 5.41 Å². The summed E-state index contributed by atoms with van der Waals surface area (Å²) >= 11 is 0. The predicted molar refractivity (Wildman–Crippen MR) is 58.7 cm³/mol. The smallest absolute Gasteiger partial charge is 0.234 e. The van der Waals surface area contributed by atoms with E-state index in [9.17, 15) is 0 Å². The Morgan fingerprint density at radius 1 is 1.38 bits per heavy atom. The Kier molecular flexibility index (Phi) is 2.81. The minimum atomic E-state index is 0.0651. The zero-order valence-corrected chi connectivity index (χ0v) is 8.54. The summed E-state index contributed by atoms with van der Waals surface area (Å²) in [5.74, 6) is 4.93. The summed E-state index contributed by atoms with van der Waals surface area (Å²) < 4.78 is 1.62. The van der Waals surface area contributed by atoms with Crippen molar-refractivity contribution in [2.24, 2.45) is 16.2 Å². The van der Waals surface area contributed by atoms with E-state index < -0.39 is 0 Å². The summed E-state index contributed by atoms with van der Waals surface area (Å²) in [6.07, 6.45) is 1.79. The van der Waals surface area contributed by atoms with Gasteiger partial charge in [-0.1, -0.05) is 28.1 Å². The first-order chi connectivity index (χ1) is 7.79. The van der Waals surface area contributed by atoms with Gasteiger partial charge in [0, 0.05) is 16.6 Å². The number of aromatic nitrogens is 2. The van der Waals surface area contributed by atoms with Crippen molar-refractivity contribution >= 4 is 16.7 Å². The maximum atomic E-state index is 7.43. The number of nitrogens with two attached hydrogens (primary N) is 1. The second-order valence-electron chi connectivity index (χ2n) is 3.23. The number of hydrogen-bond acceptors (Lipinski definition) is 3. The number of nitrogens with zero attached hydrogens (tertiary/aromatic N) is 4. The van der Waals surface area contributed by atoms with Crippen LogP contribution in [0.5, 0.6) is 0 Å². The van der Waals surface area contributed by atoms with E-state index in [4.69, 9.17) is 11.3 Å². The quantitative estimate of drug-likeness (QED) is 0.194. The van der Waals surface area contributed by atoms with Gasteiger partial charge in [0.25, 0.3) is 0 Å². The third kappa shape index (κ3) is 2.17. The molecular weight excluding hydrogens is 204 g/mol. The molecule has 2 rings (SSSR count). The molecule has 0 unspecified atom stereocenters. The molecule has 0 atom stereocenters. The maximum Gasteiger partial charge on any atom is 0.234 e. The first-order valence-corrected chi connectivity index (χ1v) is 4.73. The zero-order chi connectivity index (χ0) is 11.4. The van der Waals surface area contributed by atoms with Crippen LogP contribution in [0.3, 0.4) is 0 Å². The molecule has 0 amide bonds. The van der Waals surface area contributed by atoms with Crippen molar-refractivity contribution in [1.29, 1.82) is 5.41 Å². The van der Waals surface area contributed by atoms with E-state index in [2.05, 4.69) is 15.4 Å². The van der Waals surface area contributed by atoms with Crippen LogP contribution >= 0.6 is 0 Å². The molecule has 1 aromatic heterocycles. The summed E-state index contributed by atoms with van der Waals surface area (Å²) in [7, 11) is 0. The minimum absolute atomic E-state index is 0.0651. The molecular formula is C10H11N6+. The second-order valence-corrected chi connectivity index (χ2v) is 3.23. The summed E-state index contributed by atoms with van der Waals surface area (Å²) in [5.41, 5.74) is 0.877. The van der Waals surface area contributed by atoms with E-state index in [1.165, 1.54) is 0 Å². The number of fused-ring (bicyclic) bond motifs is 1. The van der Waals surface area contributed by atoms with Gasteiger partial charge in [-0.3, -0.25) is 5.41 Å². The molecule has 0 aliphatic carbocycles. The van der Waals surface area contributed by atoms with Crippen molar-refractivity contribution in [2.45, 2.75) is 6.54 Å². The molecule has 16 heavy (non-hydrogen) atoms. The van der Waals surface area contributed by atoms with Crippen LogP contribution in [-0.2, 0) is 6.54 Å². The van der Waals surface area contributed by atoms with Crippen LogP contribution in [-0.4, -0.2) is 10.9 Å². The van der Waals surface area contributed by atoms with Gasteiger partial charge >= 0.3 is 0 Å². The van der Waals surface area contributed by atoms with Crippen molar-refractivity contribution in [1.82, 2.24) is 5.10 Å². The van der Waals surface area contributed by atoms with Gasteiger partial charge in [-0.2, -0.15) is 0 Å². The lowest BCUT2D eigenvalue weighted by atomic mass is 10.2. The largest absolute Gasteiger partial charge is 0.305 e. The number of benzene rings is 1. The first-order valence-electron chi connectivity index (χ1n) is 4.73. The highest BCUT2D eigenvalue weighted by atomic mass is 15.3. The molecule has 2 aromatic rings. The third-order valence-electron chi connectivity index (χ3n) is 2.09. The van der Waals surface area contributed by atoms with E-state index >= 15 is 0 Å². The van der Waals surface area contributed by atoms with Gasteiger partial charge in [-0.15, -0.1) is 5.11 Å². The highest BCUT2D eigenvalue weighted by Gasteiger charge is 2.07. The fourth-order valence-corrected chi connectivity index (χ4v) is 1.40. The van der Waals surface area contributed by atoms with E-state index in [-0.39, 0.29) is 12.4 Å². The average molecular weight is 215 g/mol. The zero-order valence-electron chi connectivity index (χ0n) is 8.54. The summed E-state index contributed by atoms with van der Waals surface area (Å²) in [5, 5.41) is 19.3. The van der Waals surface area contributed by atoms with Crippen LogP contribution in [0.4, 0.5) is 0 Å². The Balaban J connectivity index is 2.29. The molecule has 0 aliphatic rings. The lowest BCUT2D eigenvalue weighted by Gasteiger charge is -1.95. The van der Waals surface area contributed by atoms with Crippen LogP contribution in [0.25, 0.3) is 10.9 Å². The molecule has 0 spiro atoms. The number of nitrogens with one attached hydrogen (secondary N) is 1. The van der Waals surface area contributed by atoms with Gasteiger partial charge in [0.1, 0.15) is 5.52 Å². The van der Waals surface area contributed by atoms with E-state index in [1.807, 2.05) is 30.3 Å². The van der Waals surface area contributed by atoms with Crippen LogP contribution < -0.4 is 10.5 Å². The van der Waals surface area contributed by atoms with Crippen molar-refractivity contribution in [3.8, 4) is 0 Å². The SMILES string of the molecule is N=C(C[n+]1ccc2ccccc2n1)N=NN. The van der Waals surface area contributed by atoms with Gasteiger partial charge in [0.05, 0.1) is 0 Å². The molecule has 1 aromatic carbocycles. The monoisotopic (exact) mass is 215 g/mol. The lowest BCUT2D eigenvalue weighted by molar-refractivity contribution is -0.738. The van der Waals surface area contributed by atoms with Crippen molar-refractivity contribution < 1.29 is 4.68 Å². The fraction of sp³-hybridized carbons (Fsp3) is 0.100. The molecule has 0 saturated heterocycles. The normalized spacial score (nSPS) is 11.0. The third-order valence-corrected chi connectivity index (χ3v) is 2.09. The summed E-state index contributed by atoms with van der Waals surface area (Å²) in [6, 6.07) is 9.72. The van der Waals surface area contributed by atoms with Crippen LogP contribution in [0.2, 0.25) is 0 Å². The lowest BCUT2D eigenvalue weighted by Crippen LogP contribution is -2.40. The van der Waals surface area contributed by atoms with E-state index in [0.717, 1.165) is 10.9 Å². The topological polar surface area (TPSA) is 91.4 Å². The summed E-state index contributed by atoms with van der Waals surface area (Å²) in [4.78, 5) is 0. The molecule has 80 valence electrons.